The first-order chi connectivity index (χ1) is 5.96. The summed E-state index contributed by atoms with van der Waals surface area (Å²) >= 11 is 4.72. The molecule has 0 rings (SSSR count). The van der Waals surface area contributed by atoms with E-state index in [1.807, 2.05) is 6.92 Å². The van der Waals surface area contributed by atoms with Gasteiger partial charge in [0.25, 0.3) is 0 Å². The zero-order valence-electron chi connectivity index (χ0n) is 8.29. The van der Waals surface area contributed by atoms with Gasteiger partial charge in [0.2, 0.25) is 0 Å². The van der Waals surface area contributed by atoms with Crippen molar-refractivity contribution in [3.8, 4) is 0 Å². The normalized spacial score (nSPS) is 14.8. The van der Waals surface area contributed by atoms with Crippen LogP contribution in [0.25, 0.3) is 0 Å². The number of ether oxygens (including phenoxy) is 1. The smallest absolute Gasteiger partial charge is 0.199 e. The lowest BCUT2D eigenvalue weighted by molar-refractivity contribution is -0.130. The van der Waals surface area contributed by atoms with Gasteiger partial charge in [-0.3, -0.25) is 4.79 Å². The molecule has 1 unspecified atom stereocenters. The summed E-state index contributed by atoms with van der Waals surface area (Å²) in [5, 5.41) is 9.60. The minimum atomic E-state index is -1.61. The van der Waals surface area contributed by atoms with Crippen LogP contribution >= 0.6 is 12.2 Å². The molecule has 0 fully saturated rings. The van der Waals surface area contributed by atoms with E-state index in [1.54, 1.807) is 0 Å². The molecule has 0 aromatic rings. The molecule has 1 N–H and O–H groups in total. The number of rotatable bonds is 5. The highest BCUT2D eigenvalue weighted by atomic mass is 32.1. The Balaban J connectivity index is 4.27. The lowest BCUT2D eigenvalue weighted by atomic mass is 9.97. The molecule has 0 saturated carbocycles. The number of aliphatic hydroxyl groups is 1. The van der Waals surface area contributed by atoms with Gasteiger partial charge < -0.3 is 9.84 Å². The Bertz CT molecular complexity index is 199. The van der Waals surface area contributed by atoms with Crippen molar-refractivity contribution in [3.63, 3.8) is 0 Å². The van der Waals surface area contributed by atoms with E-state index in [1.165, 1.54) is 14.0 Å². The number of hydrogen-bond acceptors (Lipinski definition) is 4. The number of unbranched alkanes of at least 4 members (excludes halogenated alkanes) is 1. The van der Waals surface area contributed by atoms with Gasteiger partial charge >= 0.3 is 0 Å². The third-order valence-electron chi connectivity index (χ3n) is 1.88. The molecule has 0 amide bonds. The fourth-order valence-electron chi connectivity index (χ4n) is 0.893. The zero-order valence-corrected chi connectivity index (χ0v) is 9.11. The highest BCUT2D eigenvalue weighted by molar-refractivity contribution is 7.80. The van der Waals surface area contributed by atoms with Crippen molar-refractivity contribution >= 4 is 23.1 Å². The molecule has 0 radical (unpaired) electrons. The van der Waals surface area contributed by atoms with E-state index in [0.29, 0.717) is 6.42 Å². The second-order valence-electron chi connectivity index (χ2n) is 3.09. The first kappa shape index (κ1) is 12.5. The van der Waals surface area contributed by atoms with E-state index >= 15 is 0 Å². The lowest BCUT2D eigenvalue weighted by Gasteiger charge is -2.21. The maximum atomic E-state index is 11.4. The summed E-state index contributed by atoms with van der Waals surface area (Å²) in [7, 11) is 1.35. The molecule has 4 heteroatoms. The van der Waals surface area contributed by atoms with E-state index in [2.05, 4.69) is 4.74 Å². The first-order valence-electron chi connectivity index (χ1n) is 4.30. The molecule has 3 nitrogen and oxygen atoms in total. The summed E-state index contributed by atoms with van der Waals surface area (Å²) in [6.07, 6.45) is 2.02. The van der Waals surface area contributed by atoms with Gasteiger partial charge in [0.1, 0.15) is 0 Å². The molecule has 0 aromatic heterocycles. The van der Waals surface area contributed by atoms with E-state index in [4.69, 9.17) is 12.2 Å². The summed E-state index contributed by atoms with van der Waals surface area (Å²) in [5.74, 6) is -0.277. The van der Waals surface area contributed by atoms with Crippen molar-refractivity contribution in [1.82, 2.24) is 0 Å². The average molecular weight is 204 g/mol. The molecule has 0 saturated heterocycles. The van der Waals surface area contributed by atoms with E-state index in [9.17, 15) is 9.90 Å². The van der Waals surface area contributed by atoms with Gasteiger partial charge in [-0.2, -0.15) is 0 Å². The van der Waals surface area contributed by atoms with Crippen LogP contribution < -0.4 is 0 Å². The fourth-order valence-corrected chi connectivity index (χ4v) is 1.01. The van der Waals surface area contributed by atoms with Gasteiger partial charge in [0.15, 0.2) is 16.4 Å². The quantitative estimate of drug-likeness (QED) is 0.689. The van der Waals surface area contributed by atoms with Gasteiger partial charge in [-0.25, -0.2) is 0 Å². The maximum absolute atomic E-state index is 11.4. The predicted molar refractivity (Wildman–Crippen MR) is 54.8 cm³/mol. The Hall–Kier alpha value is -0.480. The maximum Gasteiger partial charge on any atom is 0.199 e. The SMILES string of the molecule is CCCCC(=O)C(C)(O)C(=S)OC. The van der Waals surface area contributed by atoms with Crippen molar-refractivity contribution in [2.75, 3.05) is 7.11 Å². The number of carbonyl (C=O) groups is 1. The molecular weight excluding hydrogens is 188 g/mol. The molecular formula is C9H16O3S. The monoisotopic (exact) mass is 204 g/mol. The number of Topliss-reactive ketones (excluding diaryl/α,β-unsaturated/α-hetero) is 1. The highest BCUT2D eigenvalue weighted by Gasteiger charge is 2.35. The Morgan fingerprint density at radius 2 is 2.15 bits per heavy atom. The van der Waals surface area contributed by atoms with Crippen molar-refractivity contribution in [2.45, 2.75) is 38.7 Å². The van der Waals surface area contributed by atoms with E-state index in [0.717, 1.165) is 12.8 Å². The molecule has 1 atom stereocenters. The zero-order chi connectivity index (χ0) is 10.5. The van der Waals surface area contributed by atoms with E-state index in [-0.39, 0.29) is 10.8 Å². The topological polar surface area (TPSA) is 46.5 Å². The molecule has 0 aromatic carbocycles. The average Bonchev–Trinajstić information content (AvgIpc) is 2.12. The largest absolute Gasteiger partial charge is 0.487 e. The number of hydrogen-bond donors (Lipinski definition) is 1. The van der Waals surface area contributed by atoms with Gasteiger partial charge in [-0.05, 0) is 25.6 Å². The molecule has 0 aliphatic carbocycles. The van der Waals surface area contributed by atoms with Crippen LogP contribution in [0, 0.1) is 0 Å². The molecule has 76 valence electrons. The second kappa shape index (κ2) is 5.29. The Morgan fingerprint density at radius 3 is 2.54 bits per heavy atom. The number of methoxy groups -OCH3 is 1. The summed E-state index contributed by atoms with van der Waals surface area (Å²) in [5.41, 5.74) is -1.61. The highest BCUT2D eigenvalue weighted by Crippen LogP contribution is 2.13. The number of carbonyl (C=O) groups excluding carboxylic acids is 1. The third-order valence-corrected chi connectivity index (χ3v) is 2.45. The van der Waals surface area contributed by atoms with Crippen molar-refractivity contribution in [2.24, 2.45) is 0 Å². The van der Waals surface area contributed by atoms with Gasteiger partial charge in [0, 0.05) is 6.42 Å². The second-order valence-corrected chi connectivity index (χ2v) is 3.46. The molecule has 0 aliphatic heterocycles. The van der Waals surface area contributed by atoms with Crippen LogP contribution in [0.1, 0.15) is 33.1 Å². The summed E-state index contributed by atoms with van der Waals surface area (Å²) in [6, 6.07) is 0. The fraction of sp³-hybridized carbons (Fsp3) is 0.778. The van der Waals surface area contributed by atoms with Crippen LogP contribution in [-0.2, 0) is 9.53 Å². The minimum Gasteiger partial charge on any atom is -0.487 e. The van der Waals surface area contributed by atoms with Crippen molar-refractivity contribution in [1.29, 1.82) is 0 Å². The standard InChI is InChI=1S/C9H16O3S/c1-4-5-6-7(10)9(2,11)8(13)12-3/h11H,4-6H2,1-3H3. The number of thiocarbonyl (C=S) groups is 1. The van der Waals surface area contributed by atoms with Crippen LogP contribution in [0.4, 0.5) is 0 Å². The molecule has 0 heterocycles. The molecule has 13 heavy (non-hydrogen) atoms. The van der Waals surface area contributed by atoms with Crippen molar-refractivity contribution < 1.29 is 14.6 Å². The third kappa shape index (κ3) is 3.40. The Kier molecular flexibility index (Phi) is 5.10. The van der Waals surface area contributed by atoms with Crippen molar-refractivity contribution in [3.05, 3.63) is 0 Å². The molecule has 0 bridgehead atoms. The molecule has 0 aliphatic rings. The Labute approximate surface area is 84.1 Å². The molecule has 0 spiro atoms. The summed E-state index contributed by atoms with van der Waals surface area (Å²) in [4.78, 5) is 11.4. The van der Waals surface area contributed by atoms with Gasteiger partial charge in [-0.1, -0.05) is 13.3 Å². The van der Waals surface area contributed by atoms with Crippen LogP contribution in [0.2, 0.25) is 0 Å². The summed E-state index contributed by atoms with van der Waals surface area (Å²) in [6.45, 7) is 3.35. The van der Waals surface area contributed by atoms with Crippen LogP contribution in [-0.4, -0.2) is 28.7 Å². The Morgan fingerprint density at radius 1 is 1.62 bits per heavy atom. The minimum absolute atomic E-state index is 0.0615. The van der Waals surface area contributed by atoms with Crippen LogP contribution in [0.5, 0.6) is 0 Å². The lowest BCUT2D eigenvalue weighted by Crippen LogP contribution is -2.43. The van der Waals surface area contributed by atoms with E-state index < -0.39 is 5.60 Å². The van der Waals surface area contributed by atoms with Crippen LogP contribution in [0.3, 0.4) is 0 Å². The predicted octanol–water partition coefficient (Wildman–Crippen LogP) is 1.47. The van der Waals surface area contributed by atoms with Gasteiger partial charge in [0.05, 0.1) is 7.11 Å². The van der Waals surface area contributed by atoms with Gasteiger partial charge in [-0.15, -0.1) is 0 Å². The summed E-state index contributed by atoms with van der Waals surface area (Å²) < 4.78 is 4.68. The van der Waals surface area contributed by atoms with Crippen LogP contribution in [0.15, 0.2) is 0 Å². The first-order valence-corrected chi connectivity index (χ1v) is 4.71. The number of ketones is 1.